The summed E-state index contributed by atoms with van der Waals surface area (Å²) >= 11 is 0. The van der Waals surface area contributed by atoms with Crippen LogP contribution in [-0.4, -0.2) is 54.1 Å². The Labute approximate surface area is 94.6 Å². The van der Waals surface area contributed by atoms with Crippen molar-refractivity contribution in [2.45, 2.75) is 52.2 Å². The van der Waals surface area contributed by atoms with Gasteiger partial charge in [0, 0.05) is 37.8 Å². The molecule has 1 rings (SSSR count). The average molecular weight is 213 g/mol. The van der Waals surface area contributed by atoms with E-state index >= 15 is 0 Å². The maximum Gasteiger partial charge on any atom is 0.0238 e. The van der Waals surface area contributed by atoms with Crippen molar-refractivity contribution in [1.82, 2.24) is 9.80 Å². The van der Waals surface area contributed by atoms with Crippen molar-refractivity contribution in [2.24, 2.45) is 5.73 Å². The van der Waals surface area contributed by atoms with Gasteiger partial charge in [-0.25, -0.2) is 0 Å². The third-order valence-corrected chi connectivity index (χ3v) is 3.45. The van der Waals surface area contributed by atoms with Crippen LogP contribution >= 0.6 is 0 Å². The topological polar surface area (TPSA) is 32.5 Å². The first-order valence-corrected chi connectivity index (χ1v) is 6.26. The second-order valence-electron chi connectivity index (χ2n) is 5.15. The summed E-state index contributed by atoms with van der Waals surface area (Å²) in [7, 11) is 0. The lowest BCUT2D eigenvalue weighted by molar-refractivity contribution is 0.0337. The molecule has 0 aromatic carbocycles. The van der Waals surface area contributed by atoms with Gasteiger partial charge >= 0.3 is 0 Å². The zero-order chi connectivity index (χ0) is 11.4. The van der Waals surface area contributed by atoms with Gasteiger partial charge in [0.1, 0.15) is 0 Å². The van der Waals surface area contributed by atoms with E-state index in [4.69, 9.17) is 5.73 Å². The molecule has 1 atom stereocenters. The van der Waals surface area contributed by atoms with Crippen molar-refractivity contribution in [1.29, 1.82) is 0 Å². The molecule has 1 aliphatic heterocycles. The van der Waals surface area contributed by atoms with E-state index in [1.165, 1.54) is 19.6 Å². The summed E-state index contributed by atoms with van der Waals surface area (Å²) in [6.45, 7) is 13.5. The lowest BCUT2D eigenvalue weighted by Crippen LogP contribution is -2.57. The van der Waals surface area contributed by atoms with Crippen molar-refractivity contribution in [3.8, 4) is 0 Å². The largest absolute Gasteiger partial charge is 0.330 e. The Balaban J connectivity index is 2.56. The van der Waals surface area contributed by atoms with Gasteiger partial charge in [-0.05, 0) is 40.7 Å². The molecule has 1 saturated heterocycles. The predicted molar refractivity (Wildman–Crippen MR) is 66.0 cm³/mol. The molecular formula is C12H27N3. The minimum Gasteiger partial charge on any atom is -0.330 e. The van der Waals surface area contributed by atoms with Crippen molar-refractivity contribution in [3.05, 3.63) is 0 Å². The fraction of sp³-hybridized carbons (Fsp3) is 1.00. The van der Waals surface area contributed by atoms with Crippen LogP contribution in [0.5, 0.6) is 0 Å². The Morgan fingerprint density at radius 1 is 1.13 bits per heavy atom. The Hall–Kier alpha value is -0.120. The third kappa shape index (κ3) is 3.44. The van der Waals surface area contributed by atoms with E-state index < -0.39 is 0 Å². The molecule has 3 heteroatoms. The van der Waals surface area contributed by atoms with Crippen molar-refractivity contribution >= 4 is 0 Å². The van der Waals surface area contributed by atoms with Gasteiger partial charge in [-0.1, -0.05) is 0 Å². The Bertz CT molecular complexity index is 180. The van der Waals surface area contributed by atoms with E-state index in [1.54, 1.807) is 0 Å². The quantitative estimate of drug-likeness (QED) is 0.760. The summed E-state index contributed by atoms with van der Waals surface area (Å²) in [5.74, 6) is 0. The van der Waals surface area contributed by atoms with Gasteiger partial charge in [0.15, 0.2) is 0 Å². The lowest BCUT2D eigenvalue weighted by atomic mass is 10.1. The van der Waals surface area contributed by atoms with Crippen molar-refractivity contribution in [3.63, 3.8) is 0 Å². The SMILES string of the molecule is CC(C)N1CCN(C(C)C)C(CCN)C1. The van der Waals surface area contributed by atoms with Gasteiger partial charge in [0.25, 0.3) is 0 Å². The monoisotopic (exact) mass is 213 g/mol. The second kappa shape index (κ2) is 5.83. The molecule has 1 heterocycles. The van der Waals surface area contributed by atoms with E-state index in [9.17, 15) is 0 Å². The van der Waals surface area contributed by atoms with Crippen LogP contribution in [-0.2, 0) is 0 Å². The van der Waals surface area contributed by atoms with E-state index in [-0.39, 0.29) is 0 Å². The number of rotatable bonds is 4. The first-order valence-electron chi connectivity index (χ1n) is 6.26. The summed E-state index contributed by atoms with van der Waals surface area (Å²) < 4.78 is 0. The van der Waals surface area contributed by atoms with Crippen LogP contribution in [0, 0.1) is 0 Å². The normalized spacial score (nSPS) is 25.4. The zero-order valence-corrected chi connectivity index (χ0v) is 10.7. The van der Waals surface area contributed by atoms with Crippen LogP contribution < -0.4 is 5.73 Å². The summed E-state index contributed by atoms with van der Waals surface area (Å²) in [6, 6.07) is 1.97. The van der Waals surface area contributed by atoms with Gasteiger partial charge in [-0.15, -0.1) is 0 Å². The first-order chi connectivity index (χ1) is 7.06. The lowest BCUT2D eigenvalue weighted by Gasteiger charge is -2.45. The zero-order valence-electron chi connectivity index (χ0n) is 10.7. The molecule has 1 unspecified atom stereocenters. The molecule has 0 saturated carbocycles. The summed E-state index contributed by atoms with van der Waals surface area (Å²) in [5.41, 5.74) is 5.70. The van der Waals surface area contributed by atoms with Crippen LogP contribution in [0.1, 0.15) is 34.1 Å². The van der Waals surface area contributed by atoms with Gasteiger partial charge in [-0.3, -0.25) is 9.80 Å². The van der Waals surface area contributed by atoms with Crippen LogP contribution in [0.15, 0.2) is 0 Å². The molecule has 90 valence electrons. The van der Waals surface area contributed by atoms with Gasteiger partial charge in [0.2, 0.25) is 0 Å². The van der Waals surface area contributed by atoms with E-state index in [2.05, 4.69) is 37.5 Å². The molecule has 0 aromatic heterocycles. The highest BCUT2D eigenvalue weighted by Gasteiger charge is 2.28. The van der Waals surface area contributed by atoms with E-state index in [0.29, 0.717) is 18.1 Å². The molecule has 0 radical (unpaired) electrons. The molecule has 0 aromatic rings. The number of hydrogen-bond donors (Lipinski definition) is 1. The van der Waals surface area contributed by atoms with Gasteiger partial charge in [0.05, 0.1) is 0 Å². The molecule has 0 bridgehead atoms. The van der Waals surface area contributed by atoms with Gasteiger partial charge < -0.3 is 5.73 Å². The predicted octanol–water partition coefficient (Wildman–Crippen LogP) is 1.14. The number of piperazine rings is 1. The van der Waals surface area contributed by atoms with Crippen LogP contribution in [0.25, 0.3) is 0 Å². The Kier molecular flexibility index (Phi) is 5.03. The second-order valence-corrected chi connectivity index (χ2v) is 5.15. The highest BCUT2D eigenvalue weighted by molar-refractivity contribution is 4.85. The smallest absolute Gasteiger partial charge is 0.0238 e. The minimum absolute atomic E-state index is 0.649. The summed E-state index contributed by atoms with van der Waals surface area (Å²) in [5, 5.41) is 0. The Morgan fingerprint density at radius 2 is 1.80 bits per heavy atom. The van der Waals surface area contributed by atoms with Gasteiger partial charge in [-0.2, -0.15) is 0 Å². The van der Waals surface area contributed by atoms with Crippen molar-refractivity contribution < 1.29 is 0 Å². The minimum atomic E-state index is 0.649. The number of hydrogen-bond acceptors (Lipinski definition) is 3. The van der Waals surface area contributed by atoms with Crippen LogP contribution in [0.4, 0.5) is 0 Å². The molecule has 15 heavy (non-hydrogen) atoms. The maximum atomic E-state index is 5.70. The standard InChI is InChI=1S/C12H27N3/c1-10(2)14-7-8-15(11(3)4)12(9-14)5-6-13/h10-12H,5-9,13H2,1-4H3. The molecule has 3 nitrogen and oxygen atoms in total. The molecule has 0 spiro atoms. The van der Waals surface area contributed by atoms with Crippen LogP contribution in [0.2, 0.25) is 0 Å². The number of nitrogens with two attached hydrogens (primary N) is 1. The molecule has 0 aliphatic carbocycles. The van der Waals surface area contributed by atoms with E-state index in [0.717, 1.165) is 13.0 Å². The summed E-state index contributed by atoms with van der Waals surface area (Å²) in [4.78, 5) is 5.17. The molecular weight excluding hydrogens is 186 g/mol. The van der Waals surface area contributed by atoms with E-state index in [1.807, 2.05) is 0 Å². The van der Waals surface area contributed by atoms with Crippen molar-refractivity contribution in [2.75, 3.05) is 26.2 Å². The molecule has 0 amide bonds. The fourth-order valence-corrected chi connectivity index (χ4v) is 2.49. The molecule has 1 aliphatic rings. The maximum absolute atomic E-state index is 5.70. The molecule has 1 fully saturated rings. The highest BCUT2D eigenvalue weighted by Crippen LogP contribution is 2.17. The fourth-order valence-electron chi connectivity index (χ4n) is 2.49. The highest BCUT2D eigenvalue weighted by atomic mass is 15.3. The summed E-state index contributed by atoms with van der Waals surface area (Å²) in [6.07, 6.45) is 1.13. The third-order valence-electron chi connectivity index (χ3n) is 3.45. The first kappa shape index (κ1) is 12.9. The number of nitrogens with zero attached hydrogens (tertiary/aromatic N) is 2. The average Bonchev–Trinajstić information content (AvgIpc) is 2.17. The molecule has 2 N–H and O–H groups in total. The van der Waals surface area contributed by atoms with Crippen LogP contribution in [0.3, 0.4) is 0 Å². The Morgan fingerprint density at radius 3 is 2.27 bits per heavy atom.